The molecule has 1 fully saturated rings. The highest BCUT2D eigenvalue weighted by molar-refractivity contribution is 9.10. The predicted molar refractivity (Wildman–Crippen MR) is 60.2 cm³/mol. The molecule has 0 heterocycles. The van der Waals surface area contributed by atoms with Crippen LogP contribution in [0, 0.1) is 11.8 Å². The first-order chi connectivity index (χ1) is 7.09. The molecule has 2 nitrogen and oxygen atoms in total. The Balaban J connectivity index is 2.05. The molecule has 78 valence electrons. The summed E-state index contributed by atoms with van der Waals surface area (Å²) in [5.74, 6) is -0.352. The Hall–Kier alpha value is -0.540. The van der Waals surface area contributed by atoms with Crippen LogP contribution in [-0.4, -0.2) is 11.1 Å². The number of hydrogen-bond donors (Lipinski definition) is 1. The van der Waals surface area contributed by atoms with Crippen LogP contribution in [0.3, 0.4) is 0 Å². The van der Waals surface area contributed by atoms with Gasteiger partial charge in [0.1, 0.15) is 0 Å². The molecule has 3 rings (SSSR count). The number of carbonyl (C=O) groups is 1. The zero-order valence-electron chi connectivity index (χ0n) is 7.71. The van der Waals surface area contributed by atoms with E-state index in [1.54, 1.807) is 0 Å². The lowest BCUT2D eigenvalue weighted by Gasteiger charge is -2.08. The van der Waals surface area contributed by atoms with Crippen molar-refractivity contribution in [3.8, 4) is 0 Å². The topological polar surface area (TPSA) is 37.3 Å². The standard InChI is InChI=1S/C11H8BrClO2/c12-8-2-4(13)1-6-5(8)3-7-9(6)10(7)11(14)15/h1-2,7,9-10H,3H2,(H,14,15)/t7-,9-,10-/m1/s1. The van der Waals surface area contributed by atoms with Crippen LogP contribution in [0.25, 0.3) is 0 Å². The zero-order chi connectivity index (χ0) is 10.7. The van der Waals surface area contributed by atoms with Crippen molar-refractivity contribution in [1.82, 2.24) is 0 Å². The summed E-state index contributed by atoms with van der Waals surface area (Å²) < 4.78 is 1.02. The normalized spacial score (nSPS) is 30.9. The molecule has 0 bridgehead atoms. The van der Waals surface area contributed by atoms with Crippen molar-refractivity contribution in [3.05, 3.63) is 32.8 Å². The van der Waals surface area contributed by atoms with E-state index in [2.05, 4.69) is 15.9 Å². The second-order valence-corrected chi connectivity index (χ2v) is 5.50. The van der Waals surface area contributed by atoms with E-state index in [1.807, 2.05) is 12.1 Å². The number of rotatable bonds is 1. The minimum atomic E-state index is -0.674. The van der Waals surface area contributed by atoms with Gasteiger partial charge in [0.2, 0.25) is 0 Å². The molecule has 0 amide bonds. The number of fused-ring (bicyclic) bond motifs is 3. The summed E-state index contributed by atoms with van der Waals surface area (Å²) in [7, 11) is 0. The molecule has 0 radical (unpaired) electrons. The van der Waals surface area contributed by atoms with E-state index in [0.717, 1.165) is 16.5 Å². The van der Waals surface area contributed by atoms with Gasteiger partial charge in [-0.15, -0.1) is 0 Å². The third-order valence-corrected chi connectivity index (χ3v) is 4.37. The molecule has 1 N–H and O–H groups in total. The molecule has 0 aromatic heterocycles. The number of hydrogen-bond acceptors (Lipinski definition) is 1. The summed E-state index contributed by atoms with van der Waals surface area (Å²) >= 11 is 9.43. The van der Waals surface area contributed by atoms with E-state index in [4.69, 9.17) is 16.7 Å². The summed E-state index contributed by atoms with van der Waals surface area (Å²) in [6.45, 7) is 0. The lowest BCUT2D eigenvalue weighted by molar-refractivity contribution is -0.139. The highest BCUT2D eigenvalue weighted by Gasteiger charge is 2.60. The average Bonchev–Trinajstić information content (AvgIpc) is 2.74. The maximum absolute atomic E-state index is 10.9. The van der Waals surface area contributed by atoms with E-state index in [9.17, 15) is 4.79 Å². The molecular weight excluding hydrogens is 279 g/mol. The van der Waals surface area contributed by atoms with Crippen LogP contribution in [0.2, 0.25) is 5.02 Å². The Labute approximate surface area is 100 Å². The molecule has 2 aliphatic carbocycles. The highest BCUT2D eigenvalue weighted by atomic mass is 79.9. The summed E-state index contributed by atoms with van der Waals surface area (Å²) in [6.07, 6.45) is 0.870. The van der Waals surface area contributed by atoms with Crippen LogP contribution < -0.4 is 0 Å². The summed E-state index contributed by atoms with van der Waals surface area (Å²) in [5.41, 5.74) is 2.37. The highest BCUT2D eigenvalue weighted by Crippen LogP contribution is 2.62. The van der Waals surface area contributed by atoms with Crippen molar-refractivity contribution in [1.29, 1.82) is 0 Å². The van der Waals surface area contributed by atoms with E-state index in [1.165, 1.54) is 5.56 Å². The number of halogens is 2. The lowest BCUT2D eigenvalue weighted by atomic mass is 10.0. The molecule has 4 heteroatoms. The van der Waals surface area contributed by atoms with E-state index < -0.39 is 5.97 Å². The molecule has 0 aliphatic heterocycles. The zero-order valence-corrected chi connectivity index (χ0v) is 10.0. The van der Waals surface area contributed by atoms with Crippen molar-refractivity contribution in [2.24, 2.45) is 11.8 Å². The van der Waals surface area contributed by atoms with Crippen molar-refractivity contribution in [2.45, 2.75) is 12.3 Å². The second-order valence-electron chi connectivity index (χ2n) is 4.21. The molecule has 3 atom stereocenters. The smallest absolute Gasteiger partial charge is 0.307 e. The molecule has 0 spiro atoms. The van der Waals surface area contributed by atoms with Gasteiger partial charge >= 0.3 is 5.97 Å². The van der Waals surface area contributed by atoms with Crippen molar-refractivity contribution in [2.75, 3.05) is 0 Å². The Morgan fingerprint density at radius 1 is 1.53 bits per heavy atom. The fourth-order valence-corrected chi connectivity index (χ4v) is 3.76. The average molecular weight is 288 g/mol. The minimum absolute atomic E-state index is 0.178. The van der Waals surface area contributed by atoms with Gasteiger partial charge < -0.3 is 5.11 Å². The number of aliphatic carboxylic acids is 1. The van der Waals surface area contributed by atoms with Crippen LogP contribution in [0.4, 0.5) is 0 Å². The molecule has 2 aliphatic rings. The van der Waals surface area contributed by atoms with Gasteiger partial charge in [-0.25, -0.2) is 0 Å². The Morgan fingerprint density at radius 3 is 2.93 bits per heavy atom. The summed E-state index contributed by atoms with van der Waals surface area (Å²) in [5, 5.41) is 9.66. The van der Waals surface area contributed by atoms with Gasteiger partial charge in [0, 0.05) is 15.4 Å². The van der Waals surface area contributed by atoms with Crippen molar-refractivity contribution < 1.29 is 9.90 Å². The van der Waals surface area contributed by atoms with E-state index >= 15 is 0 Å². The fourth-order valence-electron chi connectivity index (χ4n) is 2.76. The monoisotopic (exact) mass is 286 g/mol. The Bertz CT molecular complexity index is 472. The van der Waals surface area contributed by atoms with Crippen molar-refractivity contribution >= 4 is 33.5 Å². The number of carboxylic acids is 1. The summed E-state index contributed by atoms with van der Waals surface area (Å²) in [6, 6.07) is 3.79. The molecule has 1 saturated carbocycles. The van der Waals surface area contributed by atoms with Crippen LogP contribution >= 0.6 is 27.5 Å². The molecule has 1 aromatic carbocycles. The number of benzene rings is 1. The van der Waals surface area contributed by atoms with Crippen LogP contribution in [-0.2, 0) is 11.2 Å². The first kappa shape index (κ1) is 9.67. The fraction of sp³-hybridized carbons (Fsp3) is 0.364. The quantitative estimate of drug-likeness (QED) is 0.862. The van der Waals surface area contributed by atoms with Gasteiger partial charge in [0.15, 0.2) is 0 Å². The maximum atomic E-state index is 10.9. The number of carboxylic acid groups (broad SMARTS) is 1. The molecule has 15 heavy (non-hydrogen) atoms. The van der Waals surface area contributed by atoms with Crippen LogP contribution in [0.1, 0.15) is 17.0 Å². The van der Waals surface area contributed by atoms with E-state index in [0.29, 0.717) is 10.9 Å². The van der Waals surface area contributed by atoms with Gasteiger partial charge in [0.25, 0.3) is 0 Å². The molecule has 1 aromatic rings. The maximum Gasteiger partial charge on any atom is 0.307 e. The first-order valence-corrected chi connectivity index (χ1v) is 5.97. The largest absolute Gasteiger partial charge is 0.481 e. The summed E-state index contributed by atoms with van der Waals surface area (Å²) in [4.78, 5) is 10.9. The van der Waals surface area contributed by atoms with Gasteiger partial charge in [-0.3, -0.25) is 4.79 Å². The third kappa shape index (κ3) is 1.26. The van der Waals surface area contributed by atoms with Crippen LogP contribution in [0.15, 0.2) is 16.6 Å². The van der Waals surface area contributed by atoms with E-state index in [-0.39, 0.29) is 11.8 Å². The molecule has 0 unspecified atom stereocenters. The predicted octanol–water partition coefficient (Wildman–Crippen LogP) is 3.07. The van der Waals surface area contributed by atoms with Crippen LogP contribution in [0.5, 0.6) is 0 Å². The molecule has 0 saturated heterocycles. The third-order valence-electron chi connectivity index (χ3n) is 3.45. The second kappa shape index (κ2) is 2.98. The van der Waals surface area contributed by atoms with Crippen molar-refractivity contribution in [3.63, 3.8) is 0 Å². The first-order valence-electron chi connectivity index (χ1n) is 4.80. The van der Waals surface area contributed by atoms with Gasteiger partial charge in [-0.1, -0.05) is 27.5 Å². The SMILES string of the molecule is O=C(O)[C@@H]1[C@@H]2Cc3c(Br)cc(Cl)cc3[C@H]21. The van der Waals surface area contributed by atoms with Gasteiger partial charge in [-0.05, 0) is 35.6 Å². The van der Waals surface area contributed by atoms with Gasteiger partial charge in [0.05, 0.1) is 5.92 Å². The Kier molecular flexibility index (Phi) is 1.92. The van der Waals surface area contributed by atoms with Gasteiger partial charge in [-0.2, -0.15) is 0 Å². The Morgan fingerprint density at radius 2 is 2.27 bits per heavy atom. The minimum Gasteiger partial charge on any atom is -0.481 e. The lowest BCUT2D eigenvalue weighted by Crippen LogP contribution is -2.05. The molecular formula is C11H8BrClO2.